The third kappa shape index (κ3) is 3.84. The fourth-order valence-corrected chi connectivity index (χ4v) is 1.81. The van der Waals surface area contributed by atoms with Crippen LogP contribution in [0.2, 0.25) is 10.0 Å². The molecule has 4 heteroatoms. The molecule has 0 saturated heterocycles. The van der Waals surface area contributed by atoms with E-state index < -0.39 is 0 Å². The fraction of sp³-hybridized carbons (Fsp3) is 0.455. The summed E-state index contributed by atoms with van der Waals surface area (Å²) in [7, 11) is 2.02. The third-order valence-electron chi connectivity index (χ3n) is 2.40. The van der Waals surface area contributed by atoms with Gasteiger partial charge in [0.15, 0.2) is 0 Å². The molecule has 1 aromatic rings. The van der Waals surface area contributed by atoms with Crippen molar-refractivity contribution in [2.45, 2.75) is 19.5 Å². The van der Waals surface area contributed by atoms with Gasteiger partial charge in [-0.15, -0.1) is 11.6 Å². The van der Waals surface area contributed by atoms with Gasteiger partial charge in [-0.05, 0) is 37.7 Å². The second-order valence-corrected chi connectivity index (χ2v) is 4.81. The lowest BCUT2D eigenvalue weighted by Gasteiger charge is -2.23. The van der Waals surface area contributed by atoms with Crippen molar-refractivity contribution in [1.82, 2.24) is 4.90 Å². The van der Waals surface area contributed by atoms with Crippen LogP contribution in [0.15, 0.2) is 18.2 Å². The minimum atomic E-state index is 0.321. The third-order valence-corrected chi connectivity index (χ3v) is 3.45. The van der Waals surface area contributed by atoms with Gasteiger partial charge in [0.05, 0.1) is 0 Å². The molecule has 84 valence electrons. The molecule has 1 rings (SSSR count). The van der Waals surface area contributed by atoms with E-state index in [9.17, 15) is 0 Å². The molecule has 0 fully saturated rings. The Kier molecular flexibility index (Phi) is 5.20. The Morgan fingerprint density at radius 3 is 2.60 bits per heavy atom. The highest BCUT2D eigenvalue weighted by Gasteiger charge is 2.10. The largest absolute Gasteiger partial charge is 0.298 e. The number of rotatable bonds is 4. The van der Waals surface area contributed by atoms with Gasteiger partial charge >= 0.3 is 0 Å². The zero-order valence-corrected chi connectivity index (χ0v) is 11.1. The zero-order valence-electron chi connectivity index (χ0n) is 8.80. The van der Waals surface area contributed by atoms with E-state index in [0.29, 0.717) is 16.9 Å². The maximum atomic E-state index is 6.07. The van der Waals surface area contributed by atoms with E-state index in [2.05, 4.69) is 11.8 Å². The molecule has 0 radical (unpaired) electrons. The molecule has 1 aromatic carbocycles. The zero-order chi connectivity index (χ0) is 11.4. The quantitative estimate of drug-likeness (QED) is 0.743. The molecule has 0 aliphatic heterocycles. The van der Waals surface area contributed by atoms with Crippen molar-refractivity contribution in [3.05, 3.63) is 33.8 Å². The van der Waals surface area contributed by atoms with E-state index in [4.69, 9.17) is 34.8 Å². The van der Waals surface area contributed by atoms with Crippen molar-refractivity contribution < 1.29 is 0 Å². The first-order valence-corrected chi connectivity index (χ1v) is 6.03. The van der Waals surface area contributed by atoms with Gasteiger partial charge in [0.1, 0.15) is 0 Å². The number of alkyl halides is 1. The van der Waals surface area contributed by atoms with Crippen LogP contribution in [0.5, 0.6) is 0 Å². The lowest BCUT2D eigenvalue weighted by Crippen LogP contribution is -2.29. The molecular formula is C11H14Cl3N. The summed E-state index contributed by atoms with van der Waals surface area (Å²) in [5.41, 5.74) is 1.03. The van der Waals surface area contributed by atoms with Crippen molar-refractivity contribution in [1.29, 1.82) is 0 Å². The standard InChI is InChI=1S/C11H14Cl3N/c1-8(6-12)15(2)7-9-5-10(13)3-4-11(9)14/h3-5,8H,6-7H2,1-2H3. The van der Waals surface area contributed by atoms with Gasteiger partial charge in [-0.3, -0.25) is 4.90 Å². The van der Waals surface area contributed by atoms with Crippen LogP contribution in [0.25, 0.3) is 0 Å². The molecule has 0 bridgehead atoms. The summed E-state index contributed by atoms with van der Waals surface area (Å²) in [6.45, 7) is 2.83. The molecule has 1 nitrogen and oxygen atoms in total. The van der Waals surface area contributed by atoms with Crippen LogP contribution in [0, 0.1) is 0 Å². The number of benzene rings is 1. The molecule has 0 heterocycles. The van der Waals surface area contributed by atoms with E-state index in [-0.39, 0.29) is 0 Å². The first-order valence-electron chi connectivity index (χ1n) is 4.74. The SMILES string of the molecule is CC(CCl)N(C)Cc1cc(Cl)ccc1Cl. The monoisotopic (exact) mass is 265 g/mol. The van der Waals surface area contributed by atoms with Gasteiger partial charge in [0.2, 0.25) is 0 Å². The maximum absolute atomic E-state index is 6.07. The summed E-state index contributed by atoms with van der Waals surface area (Å²) in [5, 5.41) is 1.45. The smallest absolute Gasteiger partial charge is 0.0452 e. The minimum absolute atomic E-state index is 0.321. The Bertz CT molecular complexity index is 328. The Morgan fingerprint density at radius 2 is 2.00 bits per heavy atom. The summed E-state index contributed by atoms with van der Waals surface area (Å²) in [5.74, 6) is 0.606. The first-order chi connectivity index (χ1) is 7.04. The van der Waals surface area contributed by atoms with Crippen LogP contribution in [-0.4, -0.2) is 23.9 Å². The van der Waals surface area contributed by atoms with Crippen molar-refractivity contribution in [3.8, 4) is 0 Å². The van der Waals surface area contributed by atoms with Crippen LogP contribution < -0.4 is 0 Å². The molecule has 0 amide bonds. The summed E-state index contributed by atoms with van der Waals surface area (Å²) in [6, 6.07) is 5.82. The molecule has 15 heavy (non-hydrogen) atoms. The minimum Gasteiger partial charge on any atom is -0.298 e. The lowest BCUT2D eigenvalue weighted by molar-refractivity contribution is 0.268. The van der Waals surface area contributed by atoms with Gasteiger partial charge < -0.3 is 0 Å². The van der Waals surface area contributed by atoms with Crippen LogP contribution in [0.3, 0.4) is 0 Å². The van der Waals surface area contributed by atoms with Crippen LogP contribution in [0.4, 0.5) is 0 Å². The first kappa shape index (κ1) is 13.1. The van der Waals surface area contributed by atoms with Crippen LogP contribution >= 0.6 is 34.8 Å². The molecule has 0 aliphatic rings. The number of hydrogen-bond donors (Lipinski definition) is 0. The Labute approximate surface area is 106 Å². The van der Waals surface area contributed by atoms with Gasteiger partial charge in [0, 0.05) is 28.5 Å². The number of hydrogen-bond acceptors (Lipinski definition) is 1. The topological polar surface area (TPSA) is 3.24 Å². The van der Waals surface area contributed by atoms with E-state index in [1.54, 1.807) is 6.07 Å². The van der Waals surface area contributed by atoms with E-state index in [1.807, 2.05) is 19.2 Å². The van der Waals surface area contributed by atoms with E-state index >= 15 is 0 Å². The van der Waals surface area contributed by atoms with Crippen LogP contribution in [0.1, 0.15) is 12.5 Å². The van der Waals surface area contributed by atoms with E-state index in [1.165, 1.54) is 0 Å². The molecule has 0 aliphatic carbocycles. The van der Waals surface area contributed by atoms with Crippen molar-refractivity contribution >= 4 is 34.8 Å². The predicted octanol–water partition coefficient (Wildman–Crippen LogP) is 4.05. The molecule has 0 aromatic heterocycles. The number of halogens is 3. The average Bonchev–Trinajstić information content (AvgIpc) is 2.22. The maximum Gasteiger partial charge on any atom is 0.0452 e. The highest BCUT2D eigenvalue weighted by atomic mass is 35.5. The second-order valence-electron chi connectivity index (χ2n) is 3.65. The summed E-state index contributed by atoms with van der Waals surface area (Å²) < 4.78 is 0. The van der Waals surface area contributed by atoms with Crippen molar-refractivity contribution in [2.24, 2.45) is 0 Å². The Morgan fingerprint density at radius 1 is 1.33 bits per heavy atom. The summed E-state index contributed by atoms with van der Waals surface area (Å²) in [6.07, 6.45) is 0. The molecular weight excluding hydrogens is 252 g/mol. The van der Waals surface area contributed by atoms with Gasteiger partial charge in [-0.2, -0.15) is 0 Å². The highest BCUT2D eigenvalue weighted by Crippen LogP contribution is 2.22. The van der Waals surface area contributed by atoms with Crippen LogP contribution in [-0.2, 0) is 6.54 Å². The van der Waals surface area contributed by atoms with Gasteiger partial charge in [-0.25, -0.2) is 0 Å². The predicted molar refractivity (Wildman–Crippen MR) is 68.1 cm³/mol. The number of nitrogens with zero attached hydrogens (tertiary/aromatic N) is 1. The Hall–Kier alpha value is 0.0500. The average molecular weight is 267 g/mol. The highest BCUT2D eigenvalue weighted by molar-refractivity contribution is 6.33. The normalized spacial score (nSPS) is 13.2. The molecule has 0 N–H and O–H groups in total. The molecule has 1 atom stereocenters. The van der Waals surface area contributed by atoms with Crippen molar-refractivity contribution in [3.63, 3.8) is 0 Å². The molecule has 1 unspecified atom stereocenters. The second kappa shape index (κ2) is 5.95. The molecule has 0 saturated carbocycles. The van der Waals surface area contributed by atoms with E-state index in [0.717, 1.165) is 17.1 Å². The summed E-state index contributed by atoms with van der Waals surface area (Å²) >= 11 is 17.8. The van der Waals surface area contributed by atoms with Gasteiger partial charge in [0.25, 0.3) is 0 Å². The van der Waals surface area contributed by atoms with Gasteiger partial charge in [-0.1, -0.05) is 23.2 Å². The fourth-order valence-electron chi connectivity index (χ4n) is 1.21. The lowest BCUT2D eigenvalue weighted by atomic mass is 10.2. The summed E-state index contributed by atoms with van der Waals surface area (Å²) in [4.78, 5) is 2.14. The Balaban J connectivity index is 2.75. The van der Waals surface area contributed by atoms with Crippen molar-refractivity contribution in [2.75, 3.05) is 12.9 Å². The molecule has 0 spiro atoms.